The molecule has 0 heterocycles. The van der Waals surface area contributed by atoms with Gasteiger partial charge in [0.05, 0.1) is 0 Å². The third-order valence-electron chi connectivity index (χ3n) is 3.24. The van der Waals surface area contributed by atoms with Crippen molar-refractivity contribution in [1.82, 2.24) is 0 Å². The zero-order valence-corrected chi connectivity index (χ0v) is 12.8. The molecule has 0 aromatic heterocycles. The van der Waals surface area contributed by atoms with Gasteiger partial charge in [-0.2, -0.15) is 0 Å². The number of hydrogen-bond acceptors (Lipinski definition) is 3. The van der Waals surface area contributed by atoms with Crippen LogP contribution >= 0.6 is 0 Å². The second-order valence-electron chi connectivity index (χ2n) is 6.42. The molecule has 0 aliphatic heterocycles. The summed E-state index contributed by atoms with van der Waals surface area (Å²) in [5.41, 5.74) is 6.99. The zero-order valence-electron chi connectivity index (χ0n) is 12.8. The Hall–Kier alpha value is -1.06. The number of rotatable bonds is 5. The Morgan fingerprint density at radius 3 is 2.32 bits per heavy atom. The Morgan fingerprint density at radius 1 is 1.21 bits per heavy atom. The topological polar surface area (TPSA) is 55.5 Å². The molecule has 1 aromatic rings. The first-order valence-electron chi connectivity index (χ1n) is 6.88. The summed E-state index contributed by atoms with van der Waals surface area (Å²) in [5.74, 6) is 0.832. The van der Waals surface area contributed by atoms with Crippen LogP contribution < -0.4 is 10.5 Å². The van der Waals surface area contributed by atoms with Crippen molar-refractivity contribution in [3.63, 3.8) is 0 Å². The maximum atomic E-state index is 9.93. The lowest BCUT2D eigenvalue weighted by molar-refractivity contribution is 0.0190. The molecule has 0 saturated heterocycles. The molecule has 0 saturated carbocycles. The van der Waals surface area contributed by atoms with Crippen molar-refractivity contribution >= 4 is 0 Å². The number of nitrogens with two attached hydrogens (primary N) is 1. The van der Waals surface area contributed by atoms with Crippen molar-refractivity contribution < 1.29 is 9.84 Å². The van der Waals surface area contributed by atoms with Gasteiger partial charge in [0, 0.05) is 6.54 Å². The maximum absolute atomic E-state index is 9.93. The van der Waals surface area contributed by atoms with Gasteiger partial charge in [0.1, 0.15) is 18.0 Å². The molecule has 3 N–H and O–H groups in total. The van der Waals surface area contributed by atoms with Gasteiger partial charge in [-0.25, -0.2) is 0 Å². The van der Waals surface area contributed by atoms with Crippen LogP contribution in [0.2, 0.25) is 0 Å². The molecule has 0 fully saturated rings. The standard InChI is InChI=1S/C16H27NO2/c1-6-12-7-8-14(13(9-12)15(2,3)4)19-11-16(5,18)10-17/h7-9,18H,6,10-11,17H2,1-5H3. The van der Waals surface area contributed by atoms with Gasteiger partial charge in [0.2, 0.25) is 0 Å². The molecule has 1 rings (SSSR count). The monoisotopic (exact) mass is 265 g/mol. The minimum atomic E-state index is -0.988. The first kappa shape index (κ1) is 16.0. The van der Waals surface area contributed by atoms with Gasteiger partial charge in [-0.1, -0.05) is 39.8 Å². The van der Waals surface area contributed by atoms with Crippen molar-refractivity contribution in [3.8, 4) is 5.75 Å². The molecule has 0 radical (unpaired) electrons. The lowest BCUT2D eigenvalue weighted by Gasteiger charge is -2.27. The third kappa shape index (κ3) is 4.51. The zero-order chi connectivity index (χ0) is 14.7. The summed E-state index contributed by atoms with van der Waals surface area (Å²) in [5, 5.41) is 9.93. The smallest absolute Gasteiger partial charge is 0.123 e. The molecule has 0 aliphatic carbocycles. The van der Waals surface area contributed by atoms with Crippen LogP contribution in [0.25, 0.3) is 0 Å². The average Bonchev–Trinajstić information content (AvgIpc) is 2.35. The number of benzene rings is 1. The molecule has 1 atom stereocenters. The highest BCUT2D eigenvalue weighted by molar-refractivity contribution is 5.41. The fourth-order valence-electron chi connectivity index (χ4n) is 1.80. The molecular weight excluding hydrogens is 238 g/mol. The van der Waals surface area contributed by atoms with Gasteiger partial charge in [-0.3, -0.25) is 0 Å². The van der Waals surface area contributed by atoms with Gasteiger partial charge in [-0.05, 0) is 36.0 Å². The predicted octanol–water partition coefficient (Wildman–Crippen LogP) is 2.64. The summed E-state index contributed by atoms with van der Waals surface area (Å²) in [4.78, 5) is 0. The van der Waals surface area contributed by atoms with Gasteiger partial charge >= 0.3 is 0 Å². The highest BCUT2D eigenvalue weighted by atomic mass is 16.5. The molecule has 1 aromatic carbocycles. The van der Waals surface area contributed by atoms with E-state index in [2.05, 4.69) is 39.8 Å². The van der Waals surface area contributed by atoms with E-state index in [0.717, 1.165) is 12.2 Å². The fraction of sp³-hybridized carbons (Fsp3) is 0.625. The molecule has 3 heteroatoms. The van der Waals surface area contributed by atoms with Crippen molar-refractivity contribution in [3.05, 3.63) is 29.3 Å². The number of aliphatic hydroxyl groups is 1. The van der Waals surface area contributed by atoms with E-state index in [4.69, 9.17) is 10.5 Å². The van der Waals surface area contributed by atoms with E-state index >= 15 is 0 Å². The Kier molecular flexibility index (Phi) is 4.99. The molecular formula is C16H27NO2. The van der Waals surface area contributed by atoms with Crippen LogP contribution in [-0.4, -0.2) is 23.9 Å². The van der Waals surface area contributed by atoms with Crippen LogP contribution in [0.4, 0.5) is 0 Å². The molecule has 19 heavy (non-hydrogen) atoms. The van der Waals surface area contributed by atoms with E-state index < -0.39 is 5.60 Å². The lowest BCUT2D eigenvalue weighted by Crippen LogP contribution is -2.40. The molecule has 108 valence electrons. The summed E-state index contributed by atoms with van der Waals surface area (Å²) < 4.78 is 5.79. The molecule has 0 amide bonds. The van der Waals surface area contributed by atoms with Gasteiger partial charge in [0.25, 0.3) is 0 Å². The van der Waals surface area contributed by atoms with Crippen LogP contribution in [0.3, 0.4) is 0 Å². The van der Waals surface area contributed by atoms with Crippen LogP contribution in [0.5, 0.6) is 5.75 Å². The van der Waals surface area contributed by atoms with Crippen molar-refractivity contribution in [2.75, 3.05) is 13.2 Å². The second kappa shape index (κ2) is 5.93. The van der Waals surface area contributed by atoms with Crippen molar-refractivity contribution in [2.45, 2.75) is 52.1 Å². The number of hydrogen-bond donors (Lipinski definition) is 2. The summed E-state index contributed by atoms with van der Waals surface area (Å²) in [6, 6.07) is 6.25. The Morgan fingerprint density at radius 2 is 1.84 bits per heavy atom. The van der Waals surface area contributed by atoms with Gasteiger partial charge in [-0.15, -0.1) is 0 Å². The largest absolute Gasteiger partial charge is 0.490 e. The fourth-order valence-corrected chi connectivity index (χ4v) is 1.80. The predicted molar refractivity (Wildman–Crippen MR) is 79.7 cm³/mol. The average molecular weight is 265 g/mol. The minimum absolute atomic E-state index is 0.00901. The van der Waals surface area contributed by atoms with E-state index in [9.17, 15) is 5.11 Å². The van der Waals surface area contributed by atoms with E-state index in [1.165, 1.54) is 11.1 Å². The molecule has 0 bridgehead atoms. The summed E-state index contributed by atoms with van der Waals surface area (Å²) >= 11 is 0. The summed E-state index contributed by atoms with van der Waals surface area (Å²) in [6.45, 7) is 10.7. The van der Waals surface area contributed by atoms with Gasteiger partial charge in [0.15, 0.2) is 0 Å². The van der Waals surface area contributed by atoms with Crippen molar-refractivity contribution in [2.24, 2.45) is 5.73 Å². The van der Waals surface area contributed by atoms with Crippen LogP contribution in [0, 0.1) is 0 Å². The SMILES string of the molecule is CCc1ccc(OCC(C)(O)CN)c(C(C)(C)C)c1. The first-order chi connectivity index (χ1) is 8.69. The van der Waals surface area contributed by atoms with Crippen LogP contribution in [-0.2, 0) is 11.8 Å². The maximum Gasteiger partial charge on any atom is 0.123 e. The highest BCUT2D eigenvalue weighted by Gasteiger charge is 2.23. The first-order valence-corrected chi connectivity index (χ1v) is 6.88. The second-order valence-corrected chi connectivity index (χ2v) is 6.42. The Bertz CT molecular complexity index is 419. The van der Waals surface area contributed by atoms with E-state index in [-0.39, 0.29) is 18.6 Å². The normalized spacial score (nSPS) is 15.1. The van der Waals surface area contributed by atoms with Crippen LogP contribution in [0.1, 0.15) is 45.7 Å². The lowest BCUT2D eigenvalue weighted by atomic mass is 9.85. The van der Waals surface area contributed by atoms with E-state index in [1.54, 1.807) is 6.92 Å². The Labute approximate surface area is 116 Å². The molecule has 0 aliphatic rings. The van der Waals surface area contributed by atoms with Crippen LogP contribution in [0.15, 0.2) is 18.2 Å². The molecule has 3 nitrogen and oxygen atoms in total. The summed E-state index contributed by atoms with van der Waals surface area (Å²) in [7, 11) is 0. The number of ether oxygens (including phenoxy) is 1. The van der Waals surface area contributed by atoms with E-state index in [1.807, 2.05) is 6.07 Å². The van der Waals surface area contributed by atoms with Gasteiger partial charge < -0.3 is 15.6 Å². The number of aryl methyl sites for hydroxylation is 1. The quantitative estimate of drug-likeness (QED) is 0.860. The van der Waals surface area contributed by atoms with Crippen molar-refractivity contribution in [1.29, 1.82) is 0 Å². The Balaban J connectivity index is 3.00. The molecule has 1 unspecified atom stereocenters. The molecule has 0 spiro atoms. The highest BCUT2D eigenvalue weighted by Crippen LogP contribution is 2.32. The summed E-state index contributed by atoms with van der Waals surface area (Å²) in [6.07, 6.45) is 1.00. The van der Waals surface area contributed by atoms with E-state index in [0.29, 0.717) is 0 Å². The minimum Gasteiger partial charge on any atom is -0.490 e. The third-order valence-corrected chi connectivity index (χ3v) is 3.24.